The van der Waals surface area contributed by atoms with E-state index in [0.29, 0.717) is 13.1 Å². The van der Waals surface area contributed by atoms with Gasteiger partial charge in [0.2, 0.25) is 0 Å². The fourth-order valence-electron chi connectivity index (χ4n) is 1.26. The van der Waals surface area contributed by atoms with Gasteiger partial charge in [-0.25, -0.2) is 9.59 Å². The van der Waals surface area contributed by atoms with Gasteiger partial charge in [-0.1, -0.05) is 0 Å². The van der Waals surface area contributed by atoms with Gasteiger partial charge in [0.25, 0.3) is 5.91 Å². The van der Waals surface area contributed by atoms with Crippen molar-refractivity contribution in [2.45, 2.75) is 26.9 Å². The molecule has 18 heavy (non-hydrogen) atoms. The molecule has 6 nitrogen and oxygen atoms in total. The standard InChI is InChI=1S/C12H19NO5/c1-5-13(6-2)12(16)9(3)18-11(15)8-7-10(14)17-4/h7-9H,5-6H2,1-4H3/b8-7+. The molecule has 0 saturated heterocycles. The summed E-state index contributed by atoms with van der Waals surface area (Å²) in [5.74, 6) is -1.68. The van der Waals surface area contributed by atoms with Crippen LogP contribution in [0.1, 0.15) is 20.8 Å². The number of hydrogen-bond donors (Lipinski definition) is 0. The number of nitrogens with zero attached hydrogens (tertiary/aromatic N) is 1. The lowest BCUT2D eigenvalue weighted by atomic mass is 10.3. The van der Waals surface area contributed by atoms with E-state index in [1.165, 1.54) is 14.0 Å². The first kappa shape index (κ1) is 16.1. The van der Waals surface area contributed by atoms with Crippen molar-refractivity contribution in [1.82, 2.24) is 4.90 Å². The topological polar surface area (TPSA) is 72.9 Å². The summed E-state index contributed by atoms with van der Waals surface area (Å²) in [5.41, 5.74) is 0. The Morgan fingerprint density at radius 2 is 1.61 bits per heavy atom. The van der Waals surface area contributed by atoms with E-state index >= 15 is 0 Å². The van der Waals surface area contributed by atoms with Crippen LogP contribution in [0.3, 0.4) is 0 Å². The molecule has 1 atom stereocenters. The van der Waals surface area contributed by atoms with Crippen molar-refractivity contribution < 1.29 is 23.9 Å². The number of rotatable bonds is 6. The van der Waals surface area contributed by atoms with Crippen LogP contribution in [-0.2, 0) is 23.9 Å². The monoisotopic (exact) mass is 257 g/mol. The van der Waals surface area contributed by atoms with E-state index in [1.807, 2.05) is 13.8 Å². The molecule has 0 N–H and O–H groups in total. The number of likely N-dealkylation sites (N-methyl/N-ethyl adjacent to an activating group) is 1. The van der Waals surface area contributed by atoms with Crippen LogP contribution in [0, 0.1) is 0 Å². The van der Waals surface area contributed by atoms with Crippen molar-refractivity contribution in [2.24, 2.45) is 0 Å². The smallest absolute Gasteiger partial charge is 0.331 e. The maximum absolute atomic E-state index is 11.8. The van der Waals surface area contributed by atoms with Gasteiger partial charge in [0, 0.05) is 25.2 Å². The van der Waals surface area contributed by atoms with E-state index in [2.05, 4.69) is 4.74 Å². The van der Waals surface area contributed by atoms with Crippen LogP contribution >= 0.6 is 0 Å². The van der Waals surface area contributed by atoms with Gasteiger partial charge in [-0.3, -0.25) is 4.79 Å². The minimum Gasteiger partial charge on any atom is -0.466 e. The van der Waals surface area contributed by atoms with Crippen molar-refractivity contribution in [1.29, 1.82) is 0 Å². The molecule has 0 fully saturated rings. The first-order chi connectivity index (χ1) is 8.46. The Labute approximate surface area is 107 Å². The lowest BCUT2D eigenvalue weighted by Gasteiger charge is -2.22. The second-order valence-corrected chi connectivity index (χ2v) is 3.45. The molecule has 1 unspecified atom stereocenters. The molecule has 0 saturated carbocycles. The van der Waals surface area contributed by atoms with Gasteiger partial charge < -0.3 is 14.4 Å². The molecular weight excluding hydrogens is 238 g/mol. The molecule has 1 amide bonds. The molecule has 0 rings (SSSR count). The van der Waals surface area contributed by atoms with E-state index in [-0.39, 0.29) is 5.91 Å². The zero-order chi connectivity index (χ0) is 14.1. The van der Waals surface area contributed by atoms with Gasteiger partial charge in [0.05, 0.1) is 7.11 Å². The SMILES string of the molecule is CCN(CC)C(=O)C(C)OC(=O)/C=C/C(=O)OC. The predicted octanol–water partition coefficient (Wildman–Crippen LogP) is 0.516. The van der Waals surface area contributed by atoms with E-state index < -0.39 is 18.0 Å². The van der Waals surface area contributed by atoms with Crippen LogP contribution in [-0.4, -0.2) is 49.0 Å². The molecule has 0 aliphatic heterocycles. The van der Waals surface area contributed by atoms with Crippen LogP contribution in [0.4, 0.5) is 0 Å². The average Bonchev–Trinajstić information content (AvgIpc) is 2.36. The highest BCUT2D eigenvalue weighted by atomic mass is 16.5. The number of carbonyl (C=O) groups excluding carboxylic acids is 3. The third-order valence-electron chi connectivity index (χ3n) is 2.27. The van der Waals surface area contributed by atoms with Crippen LogP contribution in [0.5, 0.6) is 0 Å². The Hall–Kier alpha value is -1.85. The summed E-state index contributed by atoms with van der Waals surface area (Å²) >= 11 is 0. The fraction of sp³-hybridized carbons (Fsp3) is 0.583. The maximum Gasteiger partial charge on any atom is 0.331 e. The Morgan fingerprint density at radius 3 is 2.06 bits per heavy atom. The summed E-state index contributed by atoms with van der Waals surface area (Å²) < 4.78 is 9.18. The second-order valence-electron chi connectivity index (χ2n) is 3.45. The van der Waals surface area contributed by atoms with Crippen molar-refractivity contribution in [3.05, 3.63) is 12.2 Å². The normalized spacial score (nSPS) is 12.0. The van der Waals surface area contributed by atoms with E-state index in [0.717, 1.165) is 12.2 Å². The molecule has 0 aliphatic carbocycles. The third kappa shape index (κ3) is 5.47. The number of hydrogen-bond acceptors (Lipinski definition) is 5. The number of methoxy groups -OCH3 is 1. The summed E-state index contributed by atoms with van der Waals surface area (Å²) in [6.07, 6.45) is 0.995. The summed E-state index contributed by atoms with van der Waals surface area (Å²) in [5, 5.41) is 0. The van der Waals surface area contributed by atoms with Crippen molar-refractivity contribution in [3.8, 4) is 0 Å². The van der Waals surface area contributed by atoms with Gasteiger partial charge in [0.15, 0.2) is 6.10 Å². The number of ether oxygens (including phenoxy) is 2. The zero-order valence-corrected chi connectivity index (χ0v) is 11.1. The number of carbonyl (C=O) groups is 3. The number of amides is 1. The quantitative estimate of drug-likeness (QED) is 0.512. The van der Waals surface area contributed by atoms with Gasteiger partial charge in [-0.15, -0.1) is 0 Å². The molecule has 0 aromatic rings. The summed E-state index contributed by atoms with van der Waals surface area (Å²) in [6.45, 7) is 6.27. The maximum atomic E-state index is 11.8. The van der Waals surface area contributed by atoms with Gasteiger partial charge in [-0.2, -0.15) is 0 Å². The summed E-state index contributed by atoms with van der Waals surface area (Å²) in [4.78, 5) is 35.4. The Kier molecular flexibility index (Phi) is 7.42. The highest BCUT2D eigenvalue weighted by Crippen LogP contribution is 2.00. The molecule has 0 aromatic carbocycles. The first-order valence-electron chi connectivity index (χ1n) is 5.71. The fourth-order valence-corrected chi connectivity index (χ4v) is 1.26. The first-order valence-corrected chi connectivity index (χ1v) is 5.71. The third-order valence-corrected chi connectivity index (χ3v) is 2.27. The van der Waals surface area contributed by atoms with Crippen LogP contribution < -0.4 is 0 Å². The van der Waals surface area contributed by atoms with Crippen molar-refractivity contribution >= 4 is 17.8 Å². The van der Waals surface area contributed by atoms with Crippen LogP contribution in [0.25, 0.3) is 0 Å². The lowest BCUT2D eigenvalue weighted by Crippen LogP contribution is -2.39. The van der Waals surface area contributed by atoms with E-state index in [1.54, 1.807) is 4.90 Å². The lowest BCUT2D eigenvalue weighted by molar-refractivity contribution is -0.155. The van der Waals surface area contributed by atoms with Gasteiger partial charge in [0.1, 0.15) is 0 Å². The summed E-state index contributed by atoms with van der Waals surface area (Å²) in [6, 6.07) is 0. The van der Waals surface area contributed by atoms with E-state index in [4.69, 9.17) is 4.74 Å². The molecular formula is C12H19NO5. The summed E-state index contributed by atoms with van der Waals surface area (Å²) in [7, 11) is 1.20. The van der Waals surface area contributed by atoms with Crippen molar-refractivity contribution in [2.75, 3.05) is 20.2 Å². The number of esters is 2. The molecule has 102 valence electrons. The molecule has 0 spiro atoms. The Morgan fingerprint density at radius 1 is 1.11 bits per heavy atom. The van der Waals surface area contributed by atoms with E-state index in [9.17, 15) is 14.4 Å². The highest BCUT2D eigenvalue weighted by Gasteiger charge is 2.20. The zero-order valence-electron chi connectivity index (χ0n) is 11.1. The molecule has 0 aromatic heterocycles. The molecule has 0 aliphatic rings. The molecule has 0 bridgehead atoms. The minimum absolute atomic E-state index is 0.264. The van der Waals surface area contributed by atoms with Gasteiger partial charge >= 0.3 is 11.9 Å². The Bertz CT molecular complexity index is 333. The van der Waals surface area contributed by atoms with Crippen LogP contribution in [0.15, 0.2) is 12.2 Å². The second kappa shape index (κ2) is 8.27. The van der Waals surface area contributed by atoms with Crippen LogP contribution in [0.2, 0.25) is 0 Å². The molecule has 0 heterocycles. The predicted molar refractivity (Wildman–Crippen MR) is 64.6 cm³/mol. The average molecular weight is 257 g/mol. The van der Waals surface area contributed by atoms with Gasteiger partial charge in [-0.05, 0) is 20.8 Å². The Balaban J connectivity index is 4.35. The molecule has 6 heteroatoms. The van der Waals surface area contributed by atoms with Crippen molar-refractivity contribution in [3.63, 3.8) is 0 Å². The minimum atomic E-state index is -0.875. The highest BCUT2D eigenvalue weighted by molar-refractivity contribution is 5.93. The largest absolute Gasteiger partial charge is 0.466 e. The molecule has 0 radical (unpaired) electrons.